The Morgan fingerprint density at radius 2 is 2.28 bits per heavy atom. The normalized spacial score (nSPS) is 12.6. The van der Waals surface area contributed by atoms with Gasteiger partial charge >= 0.3 is 0 Å². The fraction of sp³-hybridized carbons (Fsp3) is 0.385. The molecule has 5 heteroatoms. The molecule has 1 atom stereocenters. The zero-order valence-corrected chi connectivity index (χ0v) is 10.6. The number of hydrogen-bond acceptors (Lipinski definition) is 3. The number of hydrogen-bond donors (Lipinski definition) is 1. The van der Waals surface area contributed by atoms with Crippen LogP contribution in [0.1, 0.15) is 31.1 Å². The van der Waals surface area contributed by atoms with Crippen LogP contribution in [0.5, 0.6) is 0 Å². The van der Waals surface area contributed by atoms with Gasteiger partial charge < -0.3 is 5.32 Å². The molecule has 0 fully saturated rings. The van der Waals surface area contributed by atoms with Crippen LogP contribution < -0.4 is 5.32 Å². The number of rotatable bonds is 5. The summed E-state index contributed by atoms with van der Waals surface area (Å²) < 4.78 is 14.8. The van der Waals surface area contributed by atoms with Crippen molar-refractivity contribution in [1.82, 2.24) is 20.3 Å². The first-order chi connectivity index (χ1) is 8.69. The minimum atomic E-state index is -0.228. The maximum Gasteiger partial charge on any atom is 0.123 e. The van der Waals surface area contributed by atoms with Crippen LogP contribution in [0.4, 0.5) is 4.39 Å². The molecule has 96 valence electrons. The van der Waals surface area contributed by atoms with Crippen molar-refractivity contribution in [1.29, 1.82) is 0 Å². The molecule has 1 aromatic heterocycles. The Morgan fingerprint density at radius 3 is 3.00 bits per heavy atom. The van der Waals surface area contributed by atoms with Crippen molar-refractivity contribution in [2.24, 2.45) is 0 Å². The molecule has 1 aromatic carbocycles. The number of benzene rings is 1. The fourth-order valence-corrected chi connectivity index (χ4v) is 1.82. The number of nitrogens with one attached hydrogen (secondary N) is 1. The molecular formula is C13H17FN4. The summed E-state index contributed by atoms with van der Waals surface area (Å²) in [6, 6.07) is 6.69. The molecule has 0 aliphatic rings. The van der Waals surface area contributed by atoms with Crippen LogP contribution in [0.15, 0.2) is 30.5 Å². The van der Waals surface area contributed by atoms with Crippen molar-refractivity contribution in [2.45, 2.75) is 26.4 Å². The van der Waals surface area contributed by atoms with Gasteiger partial charge in [-0.3, -0.25) is 0 Å². The van der Waals surface area contributed by atoms with E-state index < -0.39 is 0 Å². The largest absolute Gasteiger partial charge is 0.309 e. The zero-order valence-electron chi connectivity index (χ0n) is 10.6. The summed E-state index contributed by atoms with van der Waals surface area (Å²) in [6.45, 7) is 5.51. The number of aromatic nitrogens is 3. The first-order valence-electron chi connectivity index (χ1n) is 6.07. The highest BCUT2D eigenvalue weighted by molar-refractivity contribution is 5.16. The van der Waals surface area contributed by atoms with Gasteiger partial charge in [0, 0.05) is 0 Å². The summed E-state index contributed by atoms with van der Waals surface area (Å²) in [5, 5.41) is 11.4. The average molecular weight is 248 g/mol. The van der Waals surface area contributed by atoms with Gasteiger partial charge in [0.2, 0.25) is 0 Å². The molecule has 2 aromatic rings. The predicted molar refractivity (Wildman–Crippen MR) is 67.6 cm³/mol. The number of nitrogens with zero attached hydrogens (tertiary/aromatic N) is 3. The fourth-order valence-electron chi connectivity index (χ4n) is 1.82. The Morgan fingerprint density at radius 1 is 1.44 bits per heavy atom. The molecule has 1 unspecified atom stereocenters. The van der Waals surface area contributed by atoms with Crippen LogP contribution in [0.3, 0.4) is 0 Å². The van der Waals surface area contributed by atoms with Crippen LogP contribution in [0, 0.1) is 5.82 Å². The van der Waals surface area contributed by atoms with E-state index >= 15 is 0 Å². The van der Waals surface area contributed by atoms with Gasteiger partial charge in [0.25, 0.3) is 0 Å². The second-order valence-electron chi connectivity index (χ2n) is 4.25. The lowest BCUT2D eigenvalue weighted by Crippen LogP contribution is -2.17. The second kappa shape index (κ2) is 5.73. The Balaban J connectivity index is 2.06. The molecule has 0 radical (unpaired) electrons. The first-order valence-corrected chi connectivity index (χ1v) is 6.07. The Bertz CT molecular complexity index is 509. The quantitative estimate of drug-likeness (QED) is 0.881. The van der Waals surface area contributed by atoms with E-state index in [2.05, 4.69) is 15.6 Å². The predicted octanol–water partition coefficient (Wildman–Crippen LogP) is 2.14. The van der Waals surface area contributed by atoms with Crippen LogP contribution in [-0.4, -0.2) is 21.5 Å². The van der Waals surface area contributed by atoms with E-state index in [-0.39, 0.29) is 11.9 Å². The SMILES string of the molecule is CCNC(C)c1cn(Cc2cccc(F)c2)nn1. The van der Waals surface area contributed by atoms with Gasteiger partial charge in [0.15, 0.2) is 0 Å². The molecule has 1 heterocycles. The molecule has 0 aliphatic carbocycles. The van der Waals surface area contributed by atoms with Crippen molar-refractivity contribution < 1.29 is 4.39 Å². The number of halogens is 1. The van der Waals surface area contributed by atoms with Crippen LogP contribution in [0.2, 0.25) is 0 Å². The van der Waals surface area contributed by atoms with E-state index in [1.807, 2.05) is 26.1 Å². The van der Waals surface area contributed by atoms with E-state index in [1.165, 1.54) is 12.1 Å². The third-order valence-corrected chi connectivity index (χ3v) is 2.74. The molecule has 0 saturated carbocycles. The van der Waals surface area contributed by atoms with Gasteiger partial charge in [-0.05, 0) is 31.2 Å². The molecular weight excluding hydrogens is 231 g/mol. The van der Waals surface area contributed by atoms with E-state index in [0.717, 1.165) is 17.8 Å². The van der Waals surface area contributed by atoms with Gasteiger partial charge in [-0.1, -0.05) is 24.3 Å². The molecule has 4 nitrogen and oxygen atoms in total. The lowest BCUT2D eigenvalue weighted by Gasteiger charge is -2.07. The molecule has 2 rings (SSSR count). The highest BCUT2D eigenvalue weighted by Gasteiger charge is 2.08. The third kappa shape index (κ3) is 3.13. The molecule has 0 saturated heterocycles. The van der Waals surface area contributed by atoms with Gasteiger partial charge in [-0.15, -0.1) is 5.10 Å². The van der Waals surface area contributed by atoms with Crippen LogP contribution in [-0.2, 0) is 6.54 Å². The second-order valence-corrected chi connectivity index (χ2v) is 4.25. The van der Waals surface area contributed by atoms with Crippen molar-refractivity contribution in [3.63, 3.8) is 0 Å². The summed E-state index contributed by atoms with van der Waals surface area (Å²) >= 11 is 0. The average Bonchev–Trinajstić information content (AvgIpc) is 2.78. The molecule has 18 heavy (non-hydrogen) atoms. The Kier molecular flexibility index (Phi) is 4.04. The highest BCUT2D eigenvalue weighted by Crippen LogP contribution is 2.09. The molecule has 0 bridgehead atoms. The molecule has 0 aliphatic heterocycles. The van der Waals surface area contributed by atoms with Gasteiger partial charge in [-0.2, -0.15) is 0 Å². The summed E-state index contributed by atoms with van der Waals surface area (Å²) in [4.78, 5) is 0. The van der Waals surface area contributed by atoms with E-state index in [1.54, 1.807) is 10.7 Å². The van der Waals surface area contributed by atoms with E-state index in [4.69, 9.17) is 0 Å². The van der Waals surface area contributed by atoms with Gasteiger partial charge in [0.1, 0.15) is 5.82 Å². The van der Waals surface area contributed by atoms with Crippen molar-refractivity contribution in [3.8, 4) is 0 Å². The summed E-state index contributed by atoms with van der Waals surface area (Å²) in [6.07, 6.45) is 1.89. The lowest BCUT2D eigenvalue weighted by molar-refractivity contribution is 0.581. The molecule has 0 amide bonds. The topological polar surface area (TPSA) is 42.7 Å². The monoisotopic (exact) mass is 248 g/mol. The maximum absolute atomic E-state index is 13.0. The smallest absolute Gasteiger partial charge is 0.123 e. The Hall–Kier alpha value is -1.75. The standard InChI is InChI=1S/C13H17FN4/c1-3-15-10(2)13-9-18(17-16-13)8-11-5-4-6-12(14)7-11/h4-7,9-10,15H,3,8H2,1-2H3. The lowest BCUT2D eigenvalue weighted by atomic mass is 10.2. The maximum atomic E-state index is 13.0. The third-order valence-electron chi connectivity index (χ3n) is 2.74. The summed E-state index contributed by atoms with van der Waals surface area (Å²) in [7, 11) is 0. The van der Waals surface area contributed by atoms with E-state index in [0.29, 0.717) is 6.54 Å². The van der Waals surface area contributed by atoms with Crippen LogP contribution >= 0.6 is 0 Å². The zero-order chi connectivity index (χ0) is 13.0. The van der Waals surface area contributed by atoms with Gasteiger partial charge in [-0.25, -0.2) is 9.07 Å². The summed E-state index contributed by atoms with van der Waals surface area (Å²) in [5.74, 6) is -0.228. The van der Waals surface area contributed by atoms with Crippen molar-refractivity contribution in [2.75, 3.05) is 6.54 Å². The van der Waals surface area contributed by atoms with Crippen molar-refractivity contribution >= 4 is 0 Å². The van der Waals surface area contributed by atoms with Crippen LogP contribution in [0.25, 0.3) is 0 Å². The van der Waals surface area contributed by atoms with E-state index in [9.17, 15) is 4.39 Å². The molecule has 1 N–H and O–H groups in total. The van der Waals surface area contributed by atoms with Crippen molar-refractivity contribution in [3.05, 3.63) is 47.5 Å². The highest BCUT2D eigenvalue weighted by atomic mass is 19.1. The molecule has 0 spiro atoms. The van der Waals surface area contributed by atoms with Gasteiger partial charge in [0.05, 0.1) is 24.5 Å². The Labute approximate surface area is 106 Å². The minimum absolute atomic E-state index is 0.177. The summed E-state index contributed by atoms with van der Waals surface area (Å²) in [5.41, 5.74) is 1.77. The first kappa shape index (κ1) is 12.7. The minimum Gasteiger partial charge on any atom is -0.309 e.